The van der Waals surface area contributed by atoms with Crippen LogP contribution in [0.2, 0.25) is 0 Å². The summed E-state index contributed by atoms with van der Waals surface area (Å²) in [6, 6.07) is 5.04. The Bertz CT molecular complexity index is 665. The molecule has 0 radical (unpaired) electrons. The number of amidine groups is 1. The topological polar surface area (TPSA) is 76.5 Å². The number of alkyl halides is 3. The van der Waals surface area contributed by atoms with Gasteiger partial charge in [-0.3, -0.25) is 4.98 Å². The molecule has 0 spiro atoms. The molecule has 8 heteroatoms. The maximum Gasteiger partial charge on any atom is 0.417 e. The SMILES string of the molecule is N/C(=N/N=C/c1ccccc1C(F)(F)F)c1cnccn1. The molecule has 0 unspecified atom stereocenters. The van der Waals surface area contributed by atoms with Crippen LogP contribution in [0, 0.1) is 0 Å². The summed E-state index contributed by atoms with van der Waals surface area (Å²) in [6.45, 7) is 0. The second kappa shape index (κ2) is 6.12. The van der Waals surface area contributed by atoms with E-state index in [2.05, 4.69) is 20.2 Å². The van der Waals surface area contributed by atoms with Gasteiger partial charge in [0.1, 0.15) is 5.69 Å². The first kappa shape index (κ1) is 14.6. The van der Waals surface area contributed by atoms with Gasteiger partial charge in [-0.2, -0.15) is 18.3 Å². The van der Waals surface area contributed by atoms with Crippen molar-refractivity contribution in [1.29, 1.82) is 0 Å². The number of nitrogens with two attached hydrogens (primary N) is 1. The van der Waals surface area contributed by atoms with Crippen LogP contribution in [0.1, 0.15) is 16.8 Å². The number of halogens is 3. The fraction of sp³-hybridized carbons (Fsp3) is 0.0769. The van der Waals surface area contributed by atoms with Gasteiger partial charge in [-0.1, -0.05) is 18.2 Å². The quantitative estimate of drug-likeness (QED) is 0.535. The molecule has 0 aliphatic carbocycles. The van der Waals surface area contributed by atoms with E-state index in [4.69, 9.17) is 5.73 Å². The van der Waals surface area contributed by atoms with E-state index in [-0.39, 0.29) is 11.4 Å². The van der Waals surface area contributed by atoms with Crippen LogP contribution >= 0.6 is 0 Å². The molecule has 0 aliphatic rings. The van der Waals surface area contributed by atoms with Crippen LogP contribution in [0.15, 0.2) is 53.1 Å². The standard InChI is InChI=1S/C13H10F3N5/c14-13(15,16)10-4-2-1-3-9(10)7-20-21-12(17)11-8-18-5-6-19-11/h1-8H,(H2,17,21)/b20-7+. The zero-order valence-corrected chi connectivity index (χ0v) is 10.6. The van der Waals surface area contributed by atoms with Crippen molar-refractivity contribution in [3.05, 3.63) is 59.7 Å². The molecule has 2 aromatic rings. The highest BCUT2D eigenvalue weighted by atomic mass is 19.4. The average molecular weight is 293 g/mol. The van der Waals surface area contributed by atoms with Gasteiger partial charge in [0.25, 0.3) is 0 Å². The lowest BCUT2D eigenvalue weighted by Crippen LogP contribution is -2.14. The predicted molar refractivity (Wildman–Crippen MR) is 71.8 cm³/mol. The summed E-state index contributed by atoms with van der Waals surface area (Å²) in [7, 11) is 0. The normalized spacial score (nSPS) is 12.8. The van der Waals surface area contributed by atoms with E-state index in [1.54, 1.807) is 0 Å². The highest BCUT2D eigenvalue weighted by Gasteiger charge is 2.32. The van der Waals surface area contributed by atoms with Crippen molar-refractivity contribution >= 4 is 12.1 Å². The van der Waals surface area contributed by atoms with Gasteiger partial charge in [0.15, 0.2) is 5.84 Å². The first-order chi connectivity index (χ1) is 9.98. The zero-order valence-electron chi connectivity index (χ0n) is 10.6. The molecule has 2 rings (SSSR count). The molecular weight excluding hydrogens is 283 g/mol. The van der Waals surface area contributed by atoms with E-state index >= 15 is 0 Å². The Morgan fingerprint density at radius 2 is 1.95 bits per heavy atom. The molecule has 0 fully saturated rings. The third kappa shape index (κ3) is 3.85. The minimum atomic E-state index is -4.46. The Morgan fingerprint density at radius 3 is 2.62 bits per heavy atom. The van der Waals surface area contributed by atoms with Crippen LogP contribution in [0.3, 0.4) is 0 Å². The first-order valence-corrected chi connectivity index (χ1v) is 5.77. The lowest BCUT2D eigenvalue weighted by atomic mass is 10.1. The molecule has 0 atom stereocenters. The highest BCUT2D eigenvalue weighted by molar-refractivity contribution is 5.95. The maximum absolute atomic E-state index is 12.8. The van der Waals surface area contributed by atoms with E-state index in [1.807, 2.05) is 0 Å². The van der Waals surface area contributed by atoms with Gasteiger partial charge in [-0.05, 0) is 6.07 Å². The zero-order chi connectivity index (χ0) is 15.3. The summed E-state index contributed by atoms with van der Waals surface area (Å²) < 4.78 is 38.3. The Balaban J connectivity index is 2.23. The Morgan fingerprint density at radius 1 is 1.19 bits per heavy atom. The number of rotatable bonds is 3. The molecule has 0 bridgehead atoms. The Labute approximate surface area is 118 Å². The molecule has 0 saturated heterocycles. The Kier molecular flexibility index (Phi) is 4.27. The molecule has 1 aromatic heterocycles. The minimum Gasteiger partial charge on any atom is -0.380 e. The second-order valence-corrected chi connectivity index (χ2v) is 3.91. The molecule has 1 aromatic carbocycles. The van der Waals surface area contributed by atoms with Gasteiger partial charge in [-0.15, -0.1) is 5.10 Å². The van der Waals surface area contributed by atoms with Crippen molar-refractivity contribution < 1.29 is 13.2 Å². The van der Waals surface area contributed by atoms with Gasteiger partial charge in [0.2, 0.25) is 0 Å². The van der Waals surface area contributed by atoms with Crippen molar-refractivity contribution in [1.82, 2.24) is 9.97 Å². The molecule has 2 N–H and O–H groups in total. The van der Waals surface area contributed by atoms with Gasteiger partial charge in [-0.25, -0.2) is 4.98 Å². The van der Waals surface area contributed by atoms with E-state index in [1.165, 1.54) is 36.8 Å². The number of nitrogens with zero attached hydrogens (tertiary/aromatic N) is 4. The van der Waals surface area contributed by atoms with Crippen LogP contribution in [0.4, 0.5) is 13.2 Å². The van der Waals surface area contributed by atoms with Crippen LogP contribution in [-0.4, -0.2) is 22.0 Å². The van der Waals surface area contributed by atoms with Crippen LogP contribution in [-0.2, 0) is 6.18 Å². The van der Waals surface area contributed by atoms with Gasteiger partial charge in [0.05, 0.1) is 18.0 Å². The van der Waals surface area contributed by atoms with Crippen molar-refractivity contribution in [2.75, 3.05) is 0 Å². The predicted octanol–water partition coefficient (Wildman–Crippen LogP) is 2.23. The molecule has 0 saturated carbocycles. The van der Waals surface area contributed by atoms with Gasteiger partial charge in [0, 0.05) is 18.0 Å². The minimum absolute atomic E-state index is 0.0381. The molecule has 5 nitrogen and oxygen atoms in total. The summed E-state index contributed by atoms with van der Waals surface area (Å²) in [4.78, 5) is 7.68. The van der Waals surface area contributed by atoms with E-state index in [0.717, 1.165) is 12.3 Å². The van der Waals surface area contributed by atoms with Gasteiger partial charge < -0.3 is 5.73 Å². The number of benzene rings is 1. The first-order valence-electron chi connectivity index (χ1n) is 5.77. The second-order valence-electron chi connectivity index (χ2n) is 3.91. The van der Waals surface area contributed by atoms with Crippen molar-refractivity contribution in [2.24, 2.45) is 15.9 Å². The molecule has 21 heavy (non-hydrogen) atoms. The third-order valence-electron chi connectivity index (χ3n) is 2.45. The number of aromatic nitrogens is 2. The maximum atomic E-state index is 12.8. The fourth-order valence-electron chi connectivity index (χ4n) is 1.50. The largest absolute Gasteiger partial charge is 0.417 e. The van der Waals surface area contributed by atoms with Crippen LogP contribution < -0.4 is 5.73 Å². The summed E-state index contributed by atoms with van der Waals surface area (Å²) in [5.41, 5.74) is 5.00. The lowest BCUT2D eigenvalue weighted by molar-refractivity contribution is -0.137. The van der Waals surface area contributed by atoms with E-state index in [0.29, 0.717) is 5.69 Å². The van der Waals surface area contributed by atoms with Crippen molar-refractivity contribution in [3.63, 3.8) is 0 Å². The van der Waals surface area contributed by atoms with E-state index in [9.17, 15) is 13.2 Å². The third-order valence-corrected chi connectivity index (χ3v) is 2.45. The molecule has 1 heterocycles. The number of hydrogen-bond acceptors (Lipinski definition) is 4. The smallest absolute Gasteiger partial charge is 0.380 e. The van der Waals surface area contributed by atoms with Crippen molar-refractivity contribution in [3.8, 4) is 0 Å². The Hall–Kier alpha value is -2.77. The molecular formula is C13H10F3N5. The average Bonchev–Trinajstić information content (AvgIpc) is 2.47. The summed E-state index contributed by atoms with van der Waals surface area (Å²) in [6.07, 6.45) is 0.785. The fourth-order valence-corrected chi connectivity index (χ4v) is 1.50. The van der Waals surface area contributed by atoms with Gasteiger partial charge >= 0.3 is 6.18 Å². The molecule has 0 aliphatic heterocycles. The summed E-state index contributed by atoms with van der Waals surface area (Å²) in [5, 5.41) is 7.17. The number of hydrogen-bond donors (Lipinski definition) is 1. The lowest BCUT2D eigenvalue weighted by Gasteiger charge is -2.08. The van der Waals surface area contributed by atoms with Crippen molar-refractivity contribution in [2.45, 2.75) is 6.18 Å². The van der Waals surface area contributed by atoms with Crippen LogP contribution in [0.5, 0.6) is 0 Å². The molecule has 0 amide bonds. The summed E-state index contributed by atoms with van der Waals surface area (Å²) >= 11 is 0. The van der Waals surface area contributed by atoms with E-state index < -0.39 is 11.7 Å². The highest BCUT2D eigenvalue weighted by Crippen LogP contribution is 2.31. The summed E-state index contributed by atoms with van der Waals surface area (Å²) in [5.74, 6) is -0.0381. The van der Waals surface area contributed by atoms with Crippen LogP contribution in [0.25, 0.3) is 0 Å². The monoisotopic (exact) mass is 293 g/mol. The molecule has 108 valence electrons.